The van der Waals surface area contributed by atoms with Crippen molar-refractivity contribution in [1.29, 1.82) is 0 Å². The Morgan fingerprint density at radius 3 is 2.47 bits per heavy atom. The smallest absolute Gasteiger partial charge is 0.425 e. The molecule has 0 radical (unpaired) electrons. The van der Waals surface area contributed by atoms with Gasteiger partial charge in [-0.2, -0.15) is 22.8 Å². The number of hydrogen-bond acceptors (Lipinski definition) is 6. The minimum absolute atomic E-state index is 0.0495. The third kappa shape index (κ3) is 4.90. The second kappa shape index (κ2) is 9.59. The summed E-state index contributed by atoms with van der Waals surface area (Å²) in [6.07, 6.45) is -7.35. The zero-order valence-corrected chi connectivity index (χ0v) is 17.7. The summed E-state index contributed by atoms with van der Waals surface area (Å²) < 4.78 is 74.3. The van der Waals surface area contributed by atoms with Gasteiger partial charge < -0.3 is 15.2 Å². The standard InChI is InChI=1S/C20H18F5N5O4/c1-3-29-15(9-31)28-30(19(29)33)16-13(22)8-11(18(27-16)34-10(2)20(23,24)25)17(32)26-14-7-5-4-6-12(14)21/h4-8,10,31H,3,9H2,1-2H3,(H,26,32). The molecule has 9 nitrogen and oxygen atoms in total. The molecule has 14 heteroatoms. The van der Waals surface area contributed by atoms with E-state index in [0.717, 1.165) is 10.6 Å². The van der Waals surface area contributed by atoms with E-state index in [2.05, 4.69) is 15.4 Å². The van der Waals surface area contributed by atoms with E-state index in [-0.39, 0.29) is 18.1 Å². The van der Waals surface area contributed by atoms with Crippen molar-refractivity contribution in [2.24, 2.45) is 0 Å². The molecule has 2 heterocycles. The molecule has 1 atom stereocenters. The Morgan fingerprint density at radius 2 is 1.91 bits per heavy atom. The van der Waals surface area contributed by atoms with Gasteiger partial charge in [0, 0.05) is 6.54 Å². The van der Waals surface area contributed by atoms with Crippen LogP contribution in [0.4, 0.5) is 27.6 Å². The van der Waals surface area contributed by atoms with Crippen LogP contribution >= 0.6 is 0 Å². The van der Waals surface area contributed by atoms with E-state index in [1.165, 1.54) is 18.2 Å². The number of halogens is 5. The van der Waals surface area contributed by atoms with Crippen molar-refractivity contribution in [2.75, 3.05) is 5.32 Å². The van der Waals surface area contributed by atoms with Gasteiger partial charge in [0.25, 0.3) is 5.91 Å². The fourth-order valence-electron chi connectivity index (χ4n) is 2.86. The Bertz CT molecular complexity index is 1270. The Balaban J connectivity index is 2.14. The van der Waals surface area contributed by atoms with Crippen LogP contribution in [-0.4, -0.2) is 42.6 Å². The lowest BCUT2D eigenvalue weighted by atomic mass is 10.2. The Morgan fingerprint density at radius 1 is 1.24 bits per heavy atom. The largest absolute Gasteiger partial charge is 0.464 e. The van der Waals surface area contributed by atoms with Crippen LogP contribution in [0.3, 0.4) is 0 Å². The summed E-state index contributed by atoms with van der Waals surface area (Å²) in [6, 6.07) is 5.42. The number of carbonyl (C=O) groups is 1. The summed E-state index contributed by atoms with van der Waals surface area (Å²) in [5, 5.41) is 15.2. The van der Waals surface area contributed by atoms with Gasteiger partial charge in [-0.1, -0.05) is 12.1 Å². The number of para-hydroxylation sites is 1. The van der Waals surface area contributed by atoms with Gasteiger partial charge in [0.15, 0.2) is 23.6 Å². The van der Waals surface area contributed by atoms with E-state index in [1.54, 1.807) is 6.92 Å². The average Bonchev–Trinajstić information content (AvgIpc) is 3.10. The molecule has 2 aromatic heterocycles. The molecule has 0 saturated heterocycles. The molecule has 0 saturated carbocycles. The number of aliphatic hydroxyl groups is 1. The highest BCUT2D eigenvalue weighted by Crippen LogP contribution is 2.28. The fraction of sp³-hybridized carbons (Fsp3) is 0.300. The first-order chi connectivity index (χ1) is 16.0. The molecule has 0 spiro atoms. The highest BCUT2D eigenvalue weighted by molar-refractivity contribution is 6.06. The summed E-state index contributed by atoms with van der Waals surface area (Å²) in [4.78, 5) is 28.8. The van der Waals surface area contributed by atoms with Crippen LogP contribution in [0, 0.1) is 11.6 Å². The van der Waals surface area contributed by atoms with Crippen LogP contribution < -0.4 is 15.7 Å². The molecule has 0 bridgehead atoms. The molecule has 0 fully saturated rings. The van der Waals surface area contributed by atoms with Crippen molar-refractivity contribution in [3.8, 4) is 11.7 Å². The highest BCUT2D eigenvalue weighted by atomic mass is 19.4. The van der Waals surface area contributed by atoms with Crippen molar-refractivity contribution in [1.82, 2.24) is 19.3 Å². The van der Waals surface area contributed by atoms with Crippen molar-refractivity contribution in [3.63, 3.8) is 0 Å². The van der Waals surface area contributed by atoms with Gasteiger partial charge in [0.05, 0.1) is 5.69 Å². The summed E-state index contributed by atoms with van der Waals surface area (Å²) in [7, 11) is 0. The van der Waals surface area contributed by atoms with Crippen LogP contribution in [-0.2, 0) is 13.2 Å². The molecule has 2 N–H and O–H groups in total. The number of alkyl halides is 3. The molecule has 3 rings (SSSR count). The molecule has 1 amide bonds. The number of ether oxygens (including phenoxy) is 1. The molecule has 1 unspecified atom stereocenters. The highest BCUT2D eigenvalue weighted by Gasteiger charge is 2.39. The predicted octanol–water partition coefficient (Wildman–Crippen LogP) is 2.80. The summed E-state index contributed by atoms with van der Waals surface area (Å²) >= 11 is 0. The SMILES string of the molecule is CCn1c(CO)nn(-c2nc(OC(C)C(F)(F)F)c(C(=O)Nc3ccccc3F)cc2F)c1=O. The molecular formula is C20H18F5N5O4. The van der Waals surface area contributed by atoms with Crippen LogP contribution in [0.2, 0.25) is 0 Å². The third-order valence-electron chi connectivity index (χ3n) is 4.64. The second-order valence-corrected chi connectivity index (χ2v) is 6.90. The van der Waals surface area contributed by atoms with E-state index in [1.807, 2.05) is 0 Å². The molecule has 1 aromatic carbocycles. The number of rotatable bonds is 7. The van der Waals surface area contributed by atoms with Gasteiger partial charge in [-0.3, -0.25) is 9.36 Å². The number of aliphatic hydroxyl groups excluding tert-OH is 1. The second-order valence-electron chi connectivity index (χ2n) is 6.90. The zero-order valence-electron chi connectivity index (χ0n) is 17.7. The maximum absolute atomic E-state index is 14.9. The van der Waals surface area contributed by atoms with Crippen LogP contribution in [0.5, 0.6) is 5.88 Å². The minimum atomic E-state index is -4.87. The maximum atomic E-state index is 14.9. The summed E-state index contributed by atoms with van der Waals surface area (Å²) in [5.74, 6) is -5.35. The van der Waals surface area contributed by atoms with E-state index in [4.69, 9.17) is 4.74 Å². The van der Waals surface area contributed by atoms with Gasteiger partial charge in [-0.05, 0) is 32.0 Å². The van der Waals surface area contributed by atoms with Crippen molar-refractivity contribution < 1.29 is 36.6 Å². The molecule has 3 aromatic rings. The van der Waals surface area contributed by atoms with E-state index < -0.39 is 59.4 Å². The van der Waals surface area contributed by atoms with Gasteiger partial charge in [0.2, 0.25) is 5.88 Å². The van der Waals surface area contributed by atoms with Crippen molar-refractivity contribution in [3.05, 3.63) is 63.8 Å². The lowest BCUT2D eigenvalue weighted by Crippen LogP contribution is -2.33. The molecule has 0 aliphatic heterocycles. The van der Waals surface area contributed by atoms with Gasteiger partial charge in [0.1, 0.15) is 18.0 Å². The number of carbonyl (C=O) groups excluding carboxylic acids is 1. The number of nitrogens with one attached hydrogen (secondary N) is 1. The normalized spacial score (nSPS) is 12.5. The molecule has 182 valence electrons. The van der Waals surface area contributed by atoms with E-state index in [9.17, 15) is 36.6 Å². The topological polar surface area (TPSA) is 111 Å². The minimum Gasteiger partial charge on any atom is -0.464 e. The van der Waals surface area contributed by atoms with Crippen LogP contribution in [0.15, 0.2) is 35.1 Å². The monoisotopic (exact) mass is 487 g/mol. The third-order valence-corrected chi connectivity index (χ3v) is 4.64. The molecule has 0 aliphatic carbocycles. The molecule has 34 heavy (non-hydrogen) atoms. The predicted molar refractivity (Wildman–Crippen MR) is 108 cm³/mol. The number of anilines is 1. The van der Waals surface area contributed by atoms with Crippen LogP contribution in [0.1, 0.15) is 30.0 Å². The zero-order chi connectivity index (χ0) is 25.2. The van der Waals surface area contributed by atoms with Gasteiger partial charge in [-0.15, -0.1) is 5.10 Å². The summed E-state index contributed by atoms with van der Waals surface area (Å²) in [6.45, 7) is 1.54. The first kappa shape index (κ1) is 24.8. The lowest BCUT2D eigenvalue weighted by molar-refractivity contribution is -0.190. The number of benzene rings is 1. The first-order valence-electron chi connectivity index (χ1n) is 9.77. The number of amides is 1. The number of hydrogen-bond donors (Lipinski definition) is 2. The Kier molecular flexibility index (Phi) is 7.00. The van der Waals surface area contributed by atoms with E-state index >= 15 is 0 Å². The number of aromatic nitrogens is 4. The Hall–Kier alpha value is -3.81. The Labute approximate surface area is 188 Å². The number of pyridine rings is 1. The number of nitrogens with zero attached hydrogens (tertiary/aromatic N) is 4. The first-order valence-corrected chi connectivity index (χ1v) is 9.77. The fourth-order valence-corrected chi connectivity index (χ4v) is 2.86. The quantitative estimate of drug-likeness (QED) is 0.496. The maximum Gasteiger partial charge on any atom is 0.425 e. The molecular weight excluding hydrogens is 469 g/mol. The van der Waals surface area contributed by atoms with Gasteiger partial charge >= 0.3 is 11.9 Å². The van der Waals surface area contributed by atoms with E-state index in [0.29, 0.717) is 17.7 Å². The van der Waals surface area contributed by atoms with Gasteiger partial charge in [-0.25, -0.2) is 13.6 Å². The summed E-state index contributed by atoms with van der Waals surface area (Å²) in [5.41, 5.74) is -2.04. The van der Waals surface area contributed by atoms with Crippen molar-refractivity contribution in [2.45, 2.75) is 39.3 Å². The lowest BCUT2D eigenvalue weighted by Gasteiger charge is -2.19. The van der Waals surface area contributed by atoms with Crippen LogP contribution in [0.25, 0.3) is 5.82 Å². The van der Waals surface area contributed by atoms with Crippen molar-refractivity contribution >= 4 is 11.6 Å². The average molecular weight is 487 g/mol. The molecule has 0 aliphatic rings.